The summed E-state index contributed by atoms with van der Waals surface area (Å²) >= 11 is 0. The Labute approximate surface area is 63.1 Å². The van der Waals surface area contributed by atoms with Gasteiger partial charge in [0.25, 0.3) is 0 Å². The molecular formula is C9H16O. The van der Waals surface area contributed by atoms with Gasteiger partial charge in [-0.05, 0) is 18.9 Å². The molecule has 0 spiro atoms. The second-order valence-electron chi connectivity index (χ2n) is 2.52. The van der Waals surface area contributed by atoms with Crippen LogP contribution < -0.4 is 0 Å². The van der Waals surface area contributed by atoms with Crippen molar-refractivity contribution in [2.24, 2.45) is 5.92 Å². The number of carbonyl (C=O) groups is 1. The second kappa shape index (κ2) is 5.21. The molecule has 1 nitrogen and oxygen atoms in total. The highest BCUT2D eigenvalue weighted by Crippen LogP contribution is 2.02. The van der Waals surface area contributed by atoms with Gasteiger partial charge in [-0.2, -0.15) is 0 Å². The molecule has 0 amide bonds. The molecule has 0 aromatic rings. The summed E-state index contributed by atoms with van der Waals surface area (Å²) in [5, 5.41) is 0. The minimum absolute atomic E-state index is 0.197. The Morgan fingerprint density at radius 1 is 1.50 bits per heavy atom. The Hall–Kier alpha value is -0.590. The van der Waals surface area contributed by atoms with Gasteiger partial charge in [0.05, 0.1) is 0 Å². The normalized spacial score (nSPS) is 13.9. The van der Waals surface area contributed by atoms with E-state index < -0.39 is 0 Å². The van der Waals surface area contributed by atoms with Gasteiger partial charge in [-0.25, -0.2) is 0 Å². The van der Waals surface area contributed by atoms with Crippen LogP contribution in [-0.4, -0.2) is 5.78 Å². The van der Waals surface area contributed by atoms with Crippen molar-refractivity contribution in [3.8, 4) is 0 Å². The third kappa shape index (κ3) is 3.44. The van der Waals surface area contributed by atoms with Gasteiger partial charge in [0.2, 0.25) is 0 Å². The van der Waals surface area contributed by atoms with Crippen molar-refractivity contribution in [3.05, 3.63) is 12.2 Å². The summed E-state index contributed by atoms with van der Waals surface area (Å²) in [5.41, 5.74) is 0. The molecule has 0 rings (SSSR count). The van der Waals surface area contributed by atoms with Crippen LogP contribution in [0.2, 0.25) is 0 Å². The van der Waals surface area contributed by atoms with E-state index in [1.165, 1.54) is 0 Å². The number of allylic oxidation sites excluding steroid dienone is 2. The van der Waals surface area contributed by atoms with Gasteiger partial charge in [0, 0.05) is 5.92 Å². The Morgan fingerprint density at radius 2 is 2.10 bits per heavy atom. The van der Waals surface area contributed by atoms with Crippen LogP contribution in [0, 0.1) is 5.92 Å². The van der Waals surface area contributed by atoms with Crippen molar-refractivity contribution in [2.45, 2.75) is 33.6 Å². The maximum absolute atomic E-state index is 11.0. The third-order valence-electron chi connectivity index (χ3n) is 1.62. The number of ketones is 1. The number of rotatable bonds is 4. The van der Waals surface area contributed by atoms with E-state index in [9.17, 15) is 4.79 Å². The van der Waals surface area contributed by atoms with E-state index in [1.807, 2.05) is 26.8 Å². The minimum atomic E-state index is 0.197. The predicted octanol–water partition coefficient (Wildman–Crippen LogP) is 2.57. The van der Waals surface area contributed by atoms with Crippen LogP contribution in [0.5, 0.6) is 0 Å². The molecule has 0 aliphatic carbocycles. The second-order valence-corrected chi connectivity index (χ2v) is 2.52. The molecule has 0 radical (unpaired) electrons. The lowest BCUT2D eigenvalue weighted by Gasteiger charge is -2.00. The van der Waals surface area contributed by atoms with Gasteiger partial charge < -0.3 is 0 Å². The quantitative estimate of drug-likeness (QED) is 0.548. The molecule has 0 saturated carbocycles. The molecule has 0 aliphatic rings. The van der Waals surface area contributed by atoms with Gasteiger partial charge >= 0.3 is 0 Å². The molecule has 0 aromatic heterocycles. The van der Waals surface area contributed by atoms with Crippen LogP contribution in [0.1, 0.15) is 33.6 Å². The van der Waals surface area contributed by atoms with Gasteiger partial charge in [-0.1, -0.05) is 26.8 Å². The fraction of sp³-hybridized carbons (Fsp3) is 0.667. The number of carbonyl (C=O) groups excluding carboxylic acids is 1. The summed E-state index contributed by atoms with van der Waals surface area (Å²) in [6, 6.07) is 0. The van der Waals surface area contributed by atoms with Crippen LogP contribution in [0.3, 0.4) is 0 Å². The average molecular weight is 140 g/mol. The van der Waals surface area contributed by atoms with E-state index in [4.69, 9.17) is 0 Å². The largest absolute Gasteiger partial charge is 0.295 e. The Bertz CT molecular complexity index is 125. The Balaban J connectivity index is 3.72. The fourth-order valence-corrected chi connectivity index (χ4v) is 0.599. The highest BCUT2D eigenvalue weighted by atomic mass is 16.1. The molecular weight excluding hydrogens is 124 g/mol. The summed E-state index contributed by atoms with van der Waals surface area (Å²) in [5.74, 6) is 0.451. The van der Waals surface area contributed by atoms with Crippen molar-refractivity contribution >= 4 is 5.78 Å². The smallest absolute Gasteiger partial charge is 0.158 e. The number of hydrogen-bond acceptors (Lipinski definition) is 1. The van der Waals surface area contributed by atoms with Crippen molar-refractivity contribution < 1.29 is 4.79 Å². The molecule has 0 aromatic carbocycles. The van der Waals surface area contributed by atoms with Crippen molar-refractivity contribution in [1.29, 1.82) is 0 Å². The highest BCUT2D eigenvalue weighted by Gasteiger charge is 2.04. The first-order valence-corrected chi connectivity index (χ1v) is 3.92. The maximum Gasteiger partial charge on any atom is 0.158 e. The van der Waals surface area contributed by atoms with Crippen LogP contribution in [0.15, 0.2) is 12.2 Å². The lowest BCUT2D eigenvalue weighted by molar-refractivity contribution is -0.117. The highest BCUT2D eigenvalue weighted by molar-refractivity contribution is 5.91. The molecule has 10 heavy (non-hydrogen) atoms. The zero-order valence-electron chi connectivity index (χ0n) is 7.05. The van der Waals surface area contributed by atoms with Crippen molar-refractivity contribution in [3.63, 3.8) is 0 Å². The molecule has 0 aliphatic heterocycles. The van der Waals surface area contributed by atoms with E-state index in [0.717, 1.165) is 12.8 Å². The van der Waals surface area contributed by atoms with Crippen LogP contribution in [0.4, 0.5) is 0 Å². The molecule has 0 saturated heterocycles. The first kappa shape index (κ1) is 9.41. The molecule has 1 atom stereocenters. The Morgan fingerprint density at radius 3 is 2.50 bits per heavy atom. The average Bonchev–Trinajstić information content (AvgIpc) is 1.98. The van der Waals surface area contributed by atoms with Crippen molar-refractivity contribution in [2.75, 3.05) is 0 Å². The molecule has 1 unspecified atom stereocenters. The predicted molar refractivity (Wildman–Crippen MR) is 43.9 cm³/mol. The SMILES string of the molecule is CC/C=C/C(=O)C(C)CC. The fourth-order valence-electron chi connectivity index (χ4n) is 0.599. The van der Waals surface area contributed by atoms with E-state index in [2.05, 4.69) is 0 Å². The summed E-state index contributed by atoms with van der Waals surface area (Å²) in [6.45, 7) is 6.02. The zero-order chi connectivity index (χ0) is 7.98. The van der Waals surface area contributed by atoms with Gasteiger partial charge in [-0.3, -0.25) is 4.79 Å². The topological polar surface area (TPSA) is 17.1 Å². The molecule has 0 N–H and O–H groups in total. The summed E-state index contributed by atoms with van der Waals surface area (Å²) in [4.78, 5) is 11.0. The monoisotopic (exact) mass is 140 g/mol. The lowest BCUT2D eigenvalue weighted by atomic mass is 10.0. The third-order valence-corrected chi connectivity index (χ3v) is 1.62. The molecule has 58 valence electrons. The lowest BCUT2D eigenvalue weighted by Crippen LogP contribution is -2.05. The van der Waals surface area contributed by atoms with Crippen LogP contribution >= 0.6 is 0 Å². The first-order valence-electron chi connectivity index (χ1n) is 3.92. The summed E-state index contributed by atoms with van der Waals surface area (Å²) in [7, 11) is 0. The van der Waals surface area contributed by atoms with Crippen molar-refractivity contribution in [1.82, 2.24) is 0 Å². The zero-order valence-corrected chi connectivity index (χ0v) is 7.05. The molecule has 1 heteroatoms. The Kier molecular flexibility index (Phi) is 4.91. The van der Waals surface area contributed by atoms with Gasteiger partial charge in [-0.15, -0.1) is 0 Å². The maximum atomic E-state index is 11.0. The standard InChI is InChI=1S/C9H16O/c1-4-6-7-9(10)8(3)5-2/h6-8H,4-5H2,1-3H3/b7-6+. The van der Waals surface area contributed by atoms with Crippen LogP contribution in [0.25, 0.3) is 0 Å². The van der Waals surface area contributed by atoms with Gasteiger partial charge in [0.15, 0.2) is 5.78 Å². The first-order chi connectivity index (χ1) is 4.72. The van der Waals surface area contributed by atoms with Gasteiger partial charge in [0.1, 0.15) is 0 Å². The van der Waals surface area contributed by atoms with E-state index in [1.54, 1.807) is 6.08 Å². The summed E-state index contributed by atoms with van der Waals surface area (Å²) in [6.07, 6.45) is 5.48. The van der Waals surface area contributed by atoms with E-state index in [0.29, 0.717) is 0 Å². The minimum Gasteiger partial charge on any atom is -0.295 e. The summed E-state index contributed by atoms with van der Waals surface area (Å²) < 4.78 is 0. The van der Waals surface area contributed by atoms with E-state index in [-0.39, 0.29) is 11.7 Å². The molecule has 0 heterocycles. The molecule has 0 fully saturated rings. The number of hydrogen-bond donors (Lipinski definition) is 0. The van der Waals surface area contributed by atoms with Crippen LogP contribution in [-0.2, 0) is 4.79 Å². The van der Waals surface area contributed by atoms with E-state index >= 15 is 0 Å². The molecule has 0 bridgehead atoms.